The summed E-state index contributed by atoms with van der Waals surface area (Å²) < 4.78 is 14.6. The number of halogens is 1. The van der Waals surface area contributed by atoms with Gasteiger partial charge < -0.3 is 5.32 Å². The molecule has 0 amide bonds. The average Bonchev–Trinajstić information content (AvgIpc) is 2.69. The van der Waals surface area contributed by atoms with Crippen molar-refractivity contribution in [3.63, 3.8) is 0 Å². The summed E-state index contributed by atoms with van der Waals surface area (Å²) >= 11 is 0. The molecule has 0 fully saturated rings. The molecule has 0 aliphatic rings. The molecule has 0 aliphatic heterocycles. The molecular formula is C12H15FN4. The van der Waals surface area contributed by atoms with Crippen LogP contribution in [0.4, 0.5) is 10.1 Å². The molecule has 1 N–H and O–H groups in total. The molecule has 0 aliphatic carbocycles. The molecule has 17 heavy (non-hydrogen) atoms. The van der Waals surface area contributed by atoms with E-state index in [9.17, 15) is 4.39 Å². The van der Waals surface area contributed by atoms with E-state index >= 15 is 0 Å². The highest BCUT2D eigenvalue weighted by Crippen LogP contribution is 2.21. The van der Waals surface area contributed by atoms with Gasteiger partial charge in [0.15, 0.2) is 0 Å². The Labute approximate surface area is 99.5 Å². The van der Waals surface area contributed by atoms with E-state index in [0.717, 1.165) is 16.9 Å². The summed E-state index contributed by atoms with van der Waals surface area (Å²) in [6, 6.07) is 4.72. The van der Waals surface area contributed by atoms with Crippen LogP contribution >= 0.6 is 0 Å². The van der Waals surface area contributed by atoms with Crippen molar-refractivity contribution < 1.29 is 4.39 Å². The van der Waals surface area contributed by atoms with Gasteiger partial charge in [0, 0.05) is 12.7 Å². The number of aromatic nitrogens is 3. The molecular weight excluding hydrogens is 219 g/mol. The van der Waals surface area contributed by atoms with Crippen LogP contribution in [-0.4, -0.2) is 15.0 Å². The number of hydrogen-bond acceptors (Lipinski definition) is 3. The predicted octanol–water partition coefficient (Wildman–Crippen LogP) is 2.44. The van der Waals surface area contributed by atoms with Gasteiger partial charge in [-0.1, -0.05) is 5.21 Å². The lowest BCUT2D eigenvalue weighted by Gasteiger charge is -2.14. The number of rotatable bonds is 3. The first kappa shape index (κ1) is 11.6. The van der Waals surface area contributed by atoms with Gasteiger partial charge in [-0.2, -0.15) is 0 Å². The minimum atomic E-state index is -0.222. The summed E-state index contributed by atoms with van der Waals surface area (Å²) in [7, 11) is 1.83. The van der Waals surface area contributed by atoms with Gasteiger partial charge in [-0.25, -0.2) is 4.39 Å². The second-order valence-electron chi connectivity index (χ2n) is 4.14. The van der Waals surface area contributed by atoms with Gasteiger partial charge in [-0.3, -0.25) is 4.68 Å². The van der Waals surface area contributed by atoms with Crippen LogP contribution in [0.1, 0.15) is 24.2 Å². The third-order valence-corrected chi connectivity index (χ3v) is 2.62. The Bertz CT molecular complexity index is 521. The first-order valence-corrected chi connectivity index (χ1v) is 5.45. The van der Waals surface area contributed by atoms with Crippen molar-refractivity contribution in [1.82, 2.24) is 15.0 Å². The Hall–Kier alpha value is -1.91. The van der Waals surface area contributed by atoms with Gasteiger partial charge in [-0.15, -0.1) is 5.10 Å². The first-order valence-electron chi connectivity index (χ1n) is 5.45. The molecule has 0 saturated heterocycles. The minimum Gasteiger partial charge on any atom is -0.377 e. The molecule has 2 aromatic rings. The minimum absolute atomic E-state index is 0.0351. The SMILES string of the molecule is Cc1cc(F)ccc1NC(C)c1cn(C)nn1. The zero-order valence-corrected chi connectivity index (χ0v) is 10.1. The van der Waals surface area contributed by atoms with Gasteiger partial charge in [0.1, 0.15) is 11.5 Å². The molecule has 1 aromatic heterocycles. The summed E-state index contributed by atoms with van der Waals surface area (Å²) in [5.74, 6) is -0.222. The zero-order valence-electron chi connectivity index (χ0n) is 10.1. The van der Waals surface area contributed by atoms with E-state index in [2.05, 4.69) is 15.6 Å². The molecule has 0 saturated carbocycles. The number of hydrogen-bond donors (Lipinski definition) is 1. The van der Waals surface area contributed by atoms with E-state index in [1.165, 1.54) is 12.1 Å². The molecule has 0 radical (unpaired) electrons. The van der Waals surface area contributed by atoms with E-state index in [4.69, 9.17) is 0 Å². The topological polar surface area (TPSA) is 42.7 Å². The smallest absolute Gasteiger partial charge is 0.123 e. The van der Waals surface area contributed by atoms with Crippen molar-refractivity contribution in [3.8, 4) is 0 Å². The van der Waals surface area contributed by atoms with E-state index in [1.54, 1.807) is 10.7 Å². The van der Waals surface area contributed by atoms with Crippen molar-refractivity contribution in [1.29, 1.82) is 0 Å². The summed E-state index contributed by atoms with van der Waals surface area (Å²) in [6.45, 7) is 3.86. The fourth-order valence-electron chi connectivity index (χ4n) is 1.66. The number of nitrogens with one attached hydrogen (secondary N) is 1. The quantitative estimate of drug-likeness (QED) is 0.887. The van der Waals surface area contributed by atoms with E-state index in [1.807, 2.05) is 27.1 Å². The normalized spacial score (nSPS) is 12.5. The maximum Gasteiger partial charge on any atom is 0.123 e. The van der Waals surface area contributed by atoms with Gasteiger partial charge >= 0.3 is 0 Å². The fourth-order valence-corrected chi connectivity index (χ4v) is 1.66. The molecule has 1 heterocycles. The summed E-state index contributed by atoms with van der Waals surface area (Å²) in [5.41, 5.74) is 2.64. The highest BCUT2D eigenvalue weighted by atomic mass is 19.1. The molecule has 0 bridgehead atoms. The van der Waals surface area contributed by atoms with Crippen LogP contribution in [0.2, 0.25) is 0 Å². The Morgan fingerprint density at radius 2 is 2.18 bits per heavy atom. The zero-order chi connectivity index (χ0) is 12.4. The maximum absolute atomic E-state index is 13.0. The fraction of sp³-hybridized carbons (Fsp3) is 0.333. The number of nitrogens with zero attached hydrogens (tertiary/aromatic N) is 3. The van der Waals surface area contributed by atoms with Crippen LogP contribution in [0.5, 0.6) is 0 Å². The third-order valence-electron chi connectivity index (χ3n) is 2.62. The maximum atomic E-state index is 13.0. The second-order valence-corrected chi connectivity index (χ2v) is 4.14. The van der Waals surface area contributed by atoms with Crippen LogP contribution in [-0.2, 0) is 7.05 Å². The van der Waals surface area contributed by atoms with Crippen LogP contribution in [0.15, 0.2) is 24.4 Å². The van der Waals surface area contributed by atoms with Gasteiger partial charge in [0.25, 0.3) is 0 Å². The molecule has 1 atom stereocenters. The second kappa shape index (κ2) is 4.53. The van der Waals surface area contributed by atoms with Gasteiger partial charge in [-0.05, 0) is 37.6 Å². The van der Waals surface area contributed by atoms with Crippen molar-refractivity contribution in [3.05, 3.63) is 41.5 Å². The van der Waals surface area contributed by atoms with Crippen LogP contribution < -0.4 is 5.32 Å². The Morgan fingerprint density at radius 1 is 1.41 bits per heavy atom. The average molecular weight is 234 g/mol. The van der Waals surface area contributed by atoms with Crippen LogP contribution in [0.25, 0.3) is 0 Å². The Morgan fingerprint density at radius 3 is 2.76 bits per heavy atom. The number of benzene rings is 1. The first-order chi connectivity index (χ1) is 8.06. The van der Waals surface area contributed by atoms with E-state index in [-0.39, 0.29) is 11.9 Å². The van der Waals surface area contributed by atoms with Crippen molar-refractivity contribution in [2.75, 3.05) is 5.32 Å². The highest BCUT2D eigenvalue weighted by Gasteiger charge is 2.10. The summed E-state index contributed by atoms with van der Waals surface area (Å²) in [5, 5.41) is 11.2. The lowest BCUT2D eigenvalue weighted by molar-refractivity contribution is 0.626. The van der Waals surface area contributed by atoms with Crippen molar-refractivity contribution >= 4 is 5.69 Å². The predicted molar refractivity (Wildman–Crippen MR) is 64.2 cm³/mol. The summed E-state index contributed by atoms with van der Waals surface area (Å²) in [4.78, 5) is 0. The molecule has 4 nitrogen and oxygen atoms in total. The lowest BCUT2D eigenvalue weighted by atomic mass is 10.1. The van der Waals surface area contributed by atoms with Crippen molar-refractivity contribution in [2.24, 2.45) is 7.05 Å². The Kier molecular flexibility index (Phi) is 3.08. The lowest BCUT2D eigenvalue weighted by Crippen LogP contribution is -2.08. The standard InChI is InChI=1S/C12H15FN4/c1-8-6-10(13)4-5-11(8)14-9(2)12-7-17(3)16-15-12/h4-7,9,14H,1-3H3. The largest absolute Gasteiger partial charge is 0.377 e. The molecule has 1 unspecified atom stereocenters. The molecule has 0 spiro atoms. The van der Waals surface area contributed by atoms with Crippen molar-refractivity contribution in [2.45, 2.75) is 19.9 Å². The number of anilines is 1. The molecule has 1 aromatic carbocycles. The van der Waals surface area contributed by atoms with E-state index < -0.39 is 0 Å². The Balaban J connectivity index is 2.15. The highest BCUT2D eigenvalue weighted by molar-refractivity contribution is 5.51. The van der Waals surface area contributed by atoms with Crippen LogP contribution in [0, 0.1) is 12.7 Å². The van der Waals surface area contributed by atoms with Crippen LogP contribution in [0.3, 0.4) is 0 Å². The van der Waals surface area contributed by atoms with Gasteiger partial charge in [0.2, 0.25) is 0 Å². The molecule has 2 rings (SSSR count). The third kappa shape index (κ3) is 2.61. The monoisotopic (exact) mass is 234 g/mol. The molecule has 90 valence electrons. The summed E-state index contributed by atoms with van der Waals surface area (Å²) in [6.07, 6.45) is 1.86. The number of aryl methyl sites for hydroxylation is 2. The van der Waals surface area contributed by atoms with Gasteiger partial charge in [0.05, 0.1) is 12.2 Å². The van der Waals surface area contributed by atoms with E-state index in [0.29, 0.717) is 0 Å². The molecule has 5 heteroatoms.